The van der Waals surface area contributed by atoms with Gasteiger partial charge in [-0.05, 0) is 65.0 Å². The summed E-state index contributed by atoms with van der Waals surface area (Å²) in [6.07, 6.45) is -2.78. The third kappa shape index (κ3) is 10.7. The van der Waals surface area contributed by atoms with Crippen LogP contribution in [0.5, 0.6) is 5.75 Å². The van der Waals surface area contributed by atoms with E-state index in [0.29, 0.717) is 19.3 Å². The molecule has 228 valence electrons. The first kappa shape index (κ1) is 34.1. The molecule has 2 amide bonds. The molecule has 0 aliphatic carbocycles. The maximum atomic E-state index is 12.6. The Morgan fingerprint density at radius 2 is 1.63 bits per heavy atom. The molecule has 1 aromatic heterocycles. The Balaban J connectivity index is 2.23. The number of aliphatic hydroxyl groups excluding tert-OH is 1. The van der Waals surface area contributed by atoms with E-state index in [9.17, 15) is 37.2 Å². The minimum absolute atomic E-state index is 0.0150. The van der Waals surface area contributed by atoms with Crippen LogP contribution in [-0.2, 0) is 14.1 Å². The van der Waals surface area contributed by atoms with E-state index in [1.54, 1.807) is 26.1 Å². The van der Waals surface area contributed by atoms with Crippen LogP contribution in [0.4, 0.5) is 13.2 Å². The fourth-order valence-corrected chi connectivity index (χ4v) is 4.23. The van der Waals surface area contributed by atoms with E-state index in [4.69, 9.17) is 18.8 Å². The molecule has 0 saturated carbocycles. The number of alkyl halides is 3. The first-order valence-electron chi connectivity index (χ1n) is 12.9. The van der Waals surface area contributed by atoms with Crippen LogP contribution in [0.2, 0.25) is 0 Å². The lowest BCUT2D eigenvalue weighted by Crippen LogP contribution is -2.37. The van der Waals surface area contributed by atoms with Gasteiger partial charge < -0.3 is 34.3 Å². The summed E-state index contributed by atoms with van der Waals surface area (Å²) in [5, 5.41) is 13.5. The Kier molecular flexibility index (Phi) is 12.7. The topological polar surface area (TPSA) is 164 Å². The molecule has 1 aromatic carbocycles. The van der Waals surface area contributed by atoms with Crippen LogP contribution in [-0.4, -0.2) is 60.3 Å². The van der Waals surface area contributed by atoms with Gasteiger partial charge in [-0.25, -0.2) is 4.79 Å². The molecule has 0 aliphatic heterocycles. The van der Waals surface area contributed by atoms with Gasteiger partial charge in [-0.3, -0.25) is 14.4 Å². The maximum absolute atomic E-state index is 12.6. The Labute approximate surface area is 235 Å². The summed E-state index contributed by atoms with van der Waals surface area (Å²) >= 11 is 0. The first-order valence-corrected chi connectivity index (χ1v) is 14.1. The Morgan fingerprint density at radius 3 is 2.27 bits per heavy atom. The van der Waals surface area contributed by atoms with Gasteiger partial charge >= 0.3 is 23.7 Å². The van der Waals surface area contributed by atoms with Gasteiger partial charge in [0.25, 0.3) is 5.91 Å². The van der Waals surface area contributed by atoms with Crippen molar-refractivity contribution in [1.29, 1.82) is 0 Å². The lowest BCUT2D eigenvalue weighted by atomic mass is 9.97. The number of esters is 1. The average molecular weight is 607 g/mol. The van der Waals surface area contributed by atoms with E-state index < -0.39 is 43.4 Å². The zero-order valence-corrected chi connectivity index (χ0v) is 23.8. The van der Waals surface area contributed by atoms with Crippen molar-refractivity contribution in [2.75, 3.05) is 26.3 Å². The molecule has 2 rings (SSSR count). The molecule has 1 unspecified atom stereocenters. The van der Waals surface area contributed by atoms with Gasteiger partial charge in [0.05, 0.1) is 17.3 Å². The number of halogens is 3. The molecule has 2 aromatic rings. The minimum atomic E-state index is -4.98. The standard InChI is InChI=1S/C26H34F3N2O9P/c1-25(2,3)24(36)40-19-15-18-16(13-17(22(34)39-18)21(33)30-9-5-4-7-11-32)14-20(19)41(37)38-12-8-6-10-31-23(35)26(27,28)29/h13-15,32,37H,4-12H2,1-3H3,(H,30,33)(H,31,35). The number of ether oxygens (including phenoxy) is 1. The molecular weight excluding hydrogens is 572 g/mol. The molecule has 0 bridgehead atoms. The van der Waals surface area contributed by atoms with Crippen LogP contribution in [0, 0.1) is 5.41 Å². The fourth-order valence-electron chi connectivity index (χ4n) is 3.24. The number of aliphatic hydroxyl groups is 1. The monoisotopic (exact) mass is 606 g/mol. The third-order valence-corrected chi connectivity index (χ3v) is 6.72. The van der Waals surface area contributed by atoms with Crippen molar-refractivity contribution in [3.63, 3.8) is 0 Å². The molecule has 1 atom stereocenters. The quantitative estimate of drug-likeness (QED) is 0.0832. The summed E-state index contributed by atoms with van der Waals surface area (Å²) in [4.78, 5) is 59.3. The van der Waals surface area contributed by atoms with Gasteiger partial charge in [0.2, 0.25) is 8.38 Å². The van der Waals surface area contributed by atoms with Crippen molar-refractivity contribution < 1.29 is 51.2 Å². The second kappa shape index (κ2) is 15.2. The van der Waals surface area contributed by atoms with Gasteiger partial charge in [-0.2, -0.15) is 13.2 Å². The van der Waals surface area contributed by atoms with E-state index in [0.717, 1.165) is 0 Å². The smallest absolute Gasteiger partial charge is 0.425 e. The number of carbonyl (C=O) groups excluding carboxylic acids is 3. The van der Waals surface area contributed by atoms with Crippen molar-refractivity contribution in [2.24, 2.45) is 5.41 Å². The lowest BCUT2D eigenvalue weighted by Gasteiger charge is -2.20. The molecule has 1 heterocycles. The van der Waals surface area contributed by atoms with E-state index in [1.165, 1.54) is 18.2 Å². The number of carbonyl (C=O) groups is 3. The molecule has 41 heavy (non-hydrogen) atoms. The molecule has 0 radical (unpaired) electrons. The molecule has 11 nitrogen and oxygen atoms in total. The zero-order valence-electron chi connectivity index (χ0n) is 22.9. The number of rotatable bonds is 14. The van der Waals surface area contributed by atoms with Crippen molar-refractivity contribution in [1.82, 2.24) is 10.6 Å². The van der Waals surface area contributed by atoms with Crippen molar-refractivity contribution in [2.45, 2.75) is 59.1 Å². The number of hydrogen-bond donors (Lipinski definition) is 4. The van der Waals surface area contributed by atoms with Gasteiger partial charge in [-0.15, -0.1) is 0 Å². The van der Waals surface area contributed by atoms with Crippen LogP contribution in [0.15, 0.2) is 27.4 Å². The normalized spacial score (nSPS) is 12.7. The zero-order chi connectivity index (χ0) is 30.8. The van der Waals surface area contributed by atoms with Gasteiger partial charge in [-0.1, -0.05) is 0 Å². The Bertz CT molecular complexity index is 1280. The summed E-state index contributed by atoms with van der Waals surface area (Å²) in [5.41, 5.74) is -2.15. The highest BCUT2D eigenvalue weighted by molar-refractivity contribution is 7.55. The maximum Gasteiger partial charge on any atom is 0.471 e. The molecule has 0 fully saturated rings. The fraction of sp³-hybridized carbons (Fsp3) is 0.538. The summed E-state index contributed by atoms with van der Waals surface area (Å²) < 4.78 is 53.0. The number of nitrogens with one attached hydrogen (secondary N) is 2. The van der Waals surface area contributed by atoms with Crippen LogP contribution < -0.4 is 26.3 Å². The molecule has 0 aliphatic rings. The van der Waals surface area contributed by atoms with Crippen molar-refractivity contribution in [3.05, 3.63) is 34.2 Å². The Morgan fingerprint density at radius 1 is 0.976 bits per heavy atom. The molecule has 0 spiro atoms. The average Bonchev–Trinajstić information content (AvgIpc) is 2.88. The van der Waals surface area contributed by atoms with Gasteiger partial charge in [0.15, 0.2) is 0 Å². The predicted molar refractivity (Wildman–Crippen MR) is 144 cm³/mol. The number of benzene rings is 1. The summed E-state index contributed by atoms with van der Waals surface area (Å²) in [7, 11) is -2.42. The Hall–Kier alpha value is -3.06. The number of unbranched alkanes of at least 4 members (excludes halogenated alkanes) is 3. The molecule has 0 saturated heterocycles. The lowest BCUT2D eigenvalue weighted by molar-refractivity contribution is -0.173. The number of hydrogen-bond acceptors (Lipinski definition) is 9. The first-order chi connectivity index (χ1) is 19.1. The molecule has 15 heteroatoms. The minimum Gasteiger partial charge on any atom is -0.425 e. The molecule has 4 N–H and O–H groups in total. The van der Waals surface area contributed by atoms with E-state index in [-0.39, 0.29) is 66.7 Å². The second-order valence-corrected chi connectivity index (χ2v) is 11.3. The van der Waals surface area contributed by atoms with E-state index in [1.807, 2.05) is 0 Å². The highest BCUT2D eigenvalue weighted by Gasteiger charge is 2.38. The number of amides is 2. The van der Waals surface area contributed by atoms with Crippen LogP contribution in [0.3, 0.4) is 0 Å². The number of fused-ring (bicyclic) bond motifs is 1. The van der Waals surface area contributed by atoms with Crippen LogP contribution in [0.25, 0.3) is 11.0 Å². The van der Waals surface area contributed by atoms with Crippen LogP contribution >= 0.6 is 8.38 Å². The SMILES string of the molecule is CC(C)(C)C(=O)Oc1cc2oc(=O)c(C(=O)NCCCCCO)cc2cc1P(O)OCCCCNC(=O)C(F)(F)F. The predicted octanol–water partition coefficient (Wildman–Crippen LogP) is 3.04. The highest BCUT2D eigenvalue weighted by atomic mass is 31.2. The highest BCUT2D eigenvalue weighted by Crippen LogP contribution is 2.37. The van der Waals surface area contributed by atoms with E-state index in [2.05, 4.69) is 5.32 Å². The summed E-state index contributed by atoms with van der Waals surface area (Å²) in [6.45, 7) is 4.80. The summed E-state index contributed by atoms with van der Waals surface area (Å²) in [5.74, 6) is -3.51. The third-order valence-electron chi connectivity index (χ3n) is 5.53. The van der Waals surface area contributed by atoms with Crippen molar-refractivity contribution in [3.8, 4) is 5.75 Å². The summed E-state index contributed by atoms with van der Waals surface area (Å²) in [6, 6.07) is 3.86. The van der Waals surface area contributed by atoms with Gasteiger partial charge in [0, 0.05) is 31.1 Å². The van der Waals surface area contributed by atoms with Crippen LogP contribution in [0.1, 0.15) is 63.2 Å². The second-order valence-electron chi connectivity index (χ2n) is 10.1. The van der Waals surface area contributed by atoms with Gasteiger partial charge in [0.1, 0.15) is 16.9 Å². The van der Waals surface area contributed by atoms with E-state index >= 15 is 0 Å². The molecular formula is C26H34F3N2O9P. The largest absolute Gasteiger partial charge is 0.471 e. The van der Waals surface area contributed by atoms with Crippen molar-refractivity contribution >= 4 is 42.4 Å².